The van der Waals surface area contributed by atoms with Crippen LogP contribution in [-0.2, 0) is 15.7 Å². The van der Waals surface area contributed by atoms with Crippen molar-refractivity contribution in [3.05, 3.63) is 34.9 Å². The molecular weight excluding hydrogens is 235 g/mol. The SMILES string of the molecule is CC(C)c1cccc(C(C)C)c1CO[P+](=O)O. The van der Waals surface area contributed by atoms with Crippen LogP contribution in [0.1, 0.15) is 56.2 Å². The molecule has 0 amide bonds. The molecule has 0 fully saturated rings. The minimum absolute atomic E-state index is 0.202. The molecule has 0 saturated carbocycles. The first-order valence-corrected chi connectivity index (χ1v) is 6.97. The van der Waals surface area contributed by atoms with Gasteiger partial charge in [0, 0.05) is 4.57 Å². The largest absolute Gasteiger partial charge is 0.695 e. The average molecular weight is 255 g/mol. The fraction of sp³-hybridized carbons (Fsp3) is 0.538. The summed E-state index contributed by atoms with van der Waals surface area (Å²) in [6, 6.07) is 6.15. The summed E-state index contributed by atoms with van der Waals surface area (Å²) in [4.78, 5) is 8.76. The van der Waals surface area contributed by atoms with Gasteiger partial charge in [-0.25, -0.2) is 0 Å². The van der Waals surface area contributed by atoms with E-state index in [9.17, 15) is 4.57 Å². The van der Waals surface area contributed by atoms with Gasteiger partial charge in [-0.15, -0.1) is 9.42 Å². The molecule has 3 nitrogen and oxygen atoms in total. The number of rotatable bonds is 5. The van der Waals surface area contributed by atoms with Crippen molar-refractivity contribution in [2.75, 3.05) is 0 Å². The molecule has 0 aromatic heterocycles. The van der Waals surface area contributed by atoms with Crippen molar-refractivity contribution in [2.24, 2.45) is 0 Å². The van der Waals surface area contributed by atoms with Crippen LogP contribution in [0.2, 0.25) is 0 Å². The number of hydrogen-bond donors (Lipinski definition) is 1. The Kier molecular flexibility index (Phi) is 5.26. The summed E-state index contributed by atoms with van der Waals surface area (Å²) in [5.41, 5.74) is 3.43. The van der Waals surface area contributed by atoms with Crippen LogP contribution < -0.4 is 0 Å². The summed E-state index contributed by atoms with van der Waals surface area (Å²) in [6.07, 6.45) is 0. The monoisotopic (exact) mass is 255 g/mol. The van der Waals surface area contributed by atoms with Crippen molar-refractivity contribution in [1.29, 1.82) is 0 Å². The van der Waals surface area contributed by atoms with E-state index >= 15 is 0 Å². The lowest BCUT2D eigenvalue weighted by atomic mass is 9.89. The van der Waals surface area contributed by atoms with Gasteiger partial charge in [-0.1, -0.05) is 45.9 Å². The Labute approximate surface area is 104 Å². The minimum atomic E-state index is -2.54. The van der Waals surface area contributed by atoms with Crippen LogP contribution in [-0.4, -0.2) is 4.89 Å². The van der Waals surface area contributed by atoms with Gasteiger partial charge in [0.25, 0.3) is 0 Å². The highest BCUT2D eigenvalue weighted by molar-refractivity contribution is 7.32. The predicted octanol–water partition coefficient (Wildman–Crippen LogP) is 4.10. The molecule has 0 aliphatic rings. The van der Waals surface area contributed by atoms with E-state index in [0.717, 1.165) is 5.56 Å². The predicted molar refractivity (Wildman–Crippen MR) is 69.2 cm³/mol. The first kappa shape index (κ1) is 14.3. The maximum absolute atomic E-state index is 10.7. The van der Waals surface area contributed by atoms with E-state index in [4.69, 9.17) is 9.42 Å². The zero-order chi connectivity index (χ0) is 13.0. The molecule has 1 N–H and O–H groups in total. The highest BCUT2D eigenvalue weighted by atomic mass is 31.1. The Morgan fingerprint density at radius 2 is 1.65 bits per heavy atom. The van der Waals surface area contributed by atoms with Gasteiger partial charge in [-0.05, 0) is 28.5 Å². The molecule has 1 rings (SSSR count). The van der Waals surface area contributed by atoms with Gasteiger partial charge < -0.3 is 0 Å². The molecule has 1 atom stereocenters. The third kappa shape index (κ3) is 3.88. The third-order valence-corrected chi connectivity index (χ3v) is 3.16. The second-order valence-corrected chi connectivity index (χ2v) is 5.47. The van der Waals surface area contributed by atoms with E-state index in [-0.39, 0.29) is 6.61 Å². The molecule has 0 aliphatic heterocycles. The van der Waals surface area contributed by atoms with Crippen molar-refractivity contribution in [2.45, 2.75) is 46.1 Å². The molecule has 0 saturated heterocycles. The van der Waals surface area contributed by atoms with Crippen LogP contribution in [0, 0.1) is 0 Å². The summed E-state index contributed by atoms with van der Waals surface area (Å²) < 4.78 is 15.5. The Morgan fingerprint density at radius 3 is 2.00 bits per heavy atom. The summed E-state index contributed by atoms with van der Waals surface area (Å²) >= 11 is 0. The number of benzene rings is 1. The lowest BCUT2D eigenvalue weighted by Crippen LogP contribution is -2.04. The first-order chi connectivity index (χ1) is 7.93. The molecule has 1 unspecified atom stereocenters. The van der Waals surface area contributed by atoms with Crippen LogP contribution in [0.25, 0.3) is 0 Å². The summed E-state index contributed by atoms with van der Waals surface area (Å²) in [5, 5.41) is 0. The minimum Gasteiger partial charge on any atom is -0.133 e. The maximum Gasteiger partial charge on any atom is 0.695 e. The van der Waals surface area contributed by atoms with Crippen molar-refractivity contribution in [3.63, 3.8) is 0 Å². The number of hydrogen-bond acceptors (Lipinski definition) is 2. The van der Waals surface area contributed by atoms with E-state index in [0.29, 0.717) is 11.8 Å². The maximum atomic E-state index is 10.7. The van der Waals surface area contributed by atoms with Gasteiger partial charge in [0.05, 0.1) is 0 Å². The second kappa shape index (κ2) is 6.25. The molecule has 1 aromatic rings. The molecule has 0 bridgehead atoms. The van der Waals surface area contributed by atoms with Crippen LogP contribution in [0.5, 0.6) is 0 Å². The molecule has 17 heavy (non-hydrogen) atoms. The van der Waals surface area contributed by atoms with Crippen LogP contribution in [0.4, 0.5) is 0 Å². The van der Waals surface area contributed by atoms with Crippen LogP contribution >= 0.6 is 8.25 Å². The van der Waals surface area contributed by atoms with Crippen molar-refractivity contribution < 1.29 is 14.0 Å². The Hall–Kier alpha value is -0.760. The van der Waals surface area contributed by atoms with Crippen molar-refractivity contribution in [3.8, 4) is 0 Å². The molecule has 94 valence electrons. The molecule has 0 heterocycles. The zero-order valence-electron chi connectivity index (χ0n) is 10.8. The molecular formula is C13H20O3P+. The quantitative estimate of drug-likeness (QED) is 0.806. The molecule has 1 aromatic carbocycles. The van der Waals surface area contributed by atoms with Crippen LogP contribution in [0.3, 0.4) is 0 Å². The normalized spacial score (nSPS) is 12.3. The van der Waals surface area contributed by atoms with Gasteiger partial charge in [-0.3, -0.25) is 0 Å². The lowest BCUT2D eigenvalue weighted by Gasteiger charge is -2.17. The fourth-order valence-electron chi connectivity index (χ4n) is 1.99. The third-order valence-electron chi connectivity index (χ3n) is 2.81. The molecule has 0 radical (unpaired) electrons. The van der Waals surface area contributed by atoms with E-state index in [1.807, 2.05) is 6.07 Å². The standard InChI is InChI=1S/C13H19O3P/c1-9(2)11-6-5-7-12(10(3)4)13(11)8-16-17(14)15/h5-7,9-10H,8H2,1-4H3/p+1. The lowest BCUT2D eigenvalue weighted by molar-refractivity contribution is 0.270. The van der Waals surface area contributed by atoms with Crippen molar-refractivity contribution in [1.82, 2.24) is 0 Å². The van der Waals surface area contributed by atoms with Crippen molar-refractivity contribution >= 4 is 8.25 Å². The Bertz CT molecular complexity index is 373. The Morgan fingerprint density at radius 1 is 1.18 bits per heavy atom. The topological polar surface area (TPSA) is 46.5 Å². The van der Waals surface area contributed by atoms with Gasteiger partial charge >= 0.3 is 8.25 Å². The molecule has 4 heteroatoms. The van der Waals surface area contributed by atoms with Crippen LogP contribution in [0.15, 0.2) is 18.2 Å². The van der Waals surface area contributed by atoms with E-state index < -0.39 is 8.25 Å². The first-order valence-electron chi connectivity index (χ1n) is 5.84. The van der Waals surface area contributed by atoms with Gasteiger partial charge in [0.1, 0.15) is 6.61 Å². The molecule has 0 spiro atoms. The summed E-state index contributed by atoms with van der Waals surface area (Å²) in [7, 11) is -2.54. The van der Waals surface area contributed by atoms with Gasteiger partial charge in [-0.2, -0.15) is 0 Å². The van der Waals surface area contributed by atoms with E-state index in [1.165, 1.54) is 11.1 Å². The summed E-state index contributed by atoms with van der Waals surface area (Å²) in [5.74, 6) is 0.757. The van der Waals surface area contributed by atoms with E-state index in [2.05, 4.69) is 39.8 Å². The highest BCUT2D eigenvalue weighted by Gasteiger charge is 2.19. The fourth-order valence-corrected chi connectivity index (χ4v) is 2.23. The summed E-state index contributed by atoms with van der Waals surface area (Å²) in [6.45, 7) is 8.65. The Balaban J connectivity index is 3.14. The zero-order valence-corrected chi connectivity index (χ0v) is 11.7. The molecule has 0 aliphatic carbocycles. The highest BCUT2D eigenvalue weighted by Crippen LogP contribution is 2.30. The van der Waals surface area contributed by atoms with Gasteiger partial charge in [0.2, 0.25) is 0 Å². The smallest absolute Gasteiger partial charge is 0.133 e. The average Bonchev–Trinajstić information content (AvgIpc) is 2.25. The van der Waals surface area contributed by atoms with E-state index in [1.54, 1.807) is 0 Å². The second-order valence-electron chi connectivity index (χ2n) is 4.74. The van der Waals surface area contributed by atoms with Gasteiger partial charge in [0.15, 0.2) is 0 Å².